The van der Waals surface area contributed by atoms with Crippen LogP contribution >= 0.6 is 11.6 Å². The molecule has 0 N–H and O–H groups in total. The average molecular weight is 369 g/mol. The van der Waals surface area contributed by atoms with Crippen molar-refractivity contribution in [1.82, 2.24) is 9.21 Å². The molecule has 3 rings (SSSR count). The van der Waals surface area contributed by atoms with Gasteiger partial charge in [-0.15, -0.1) is 0 Å². The number of halogens is 1. The number of sulfonamides is 1. The molecule has 0 bridgehead atoms. The summed E-state index contributed by atoms with van der Waals surface area (Å²) < 4.78 is 30.9. The van der Waals surface area contributed by atoms with Crippen molar-refractivity contribution >= 4 is 21.6 Å². The molecule has 1 heterocycles. The summed E-state index contributed by atoms with van der Waals surface area (Å²) >= 11 is 5.93. The lowest BCUT2D eigenvalue weighted by atomic mass is 10.2. The van der Waals surface area contributed by atoms with Crippen LogP contribution in [0.1, 0.15) is 24.2 Å². The molecule has 1 fully saturated rings. The van der Waals surface area contributed by atoms with Gasteiger partial charge >= 0.3 is 0 Å². The molecule has 0 atom stereocenters. The first kappa shape index (κ1) is 17.5. The van der Waals surface area contributed by atoms with Gasteiger partial charge in [0.2, 0.25) is 5.09 Å². The normalized spacial score (nSPS) is 15.4. The van der Waals surface area contributed by atoms with Crippen LogP contribution in [0.15, 0.2) is 45.9 Å². The number of nitrogens with zero attached hydrogens (tertiary/aromatic N) is 2. The minimum Gasteiger partial charge on any atom is -0.447 e. The van der Waals surface area contributed by atoms with Crippen LogP contribution in [0.5, 0.6) is 0 Å². The molecule has 2 aromatic rings. The number of rotatable bonds is 7. The lowest BCUT2D eigenvalue weighted by molar-refractivity contribution is 0.218. The lowest BCUT2D eigenvalue weighted by Crippen LogP contribution is -2.25. The van der Waals surface area contributed by atoms with Gasteiger partial charge < -0.3 is 4.42 Å². The zero-order valence-electron chi connectivity index (χ0n) is 13.8. The molecule has 1 aliphatic rings. The van der Waals surface area contributed by atoms with Crippen LogP contribution in [0.3, 0.4) is 0 Å². The van der Waals surface area contributed by atoms with Gasteiger partial charge in [0.05, 0.1) is 6.54 Å². The number of hydrogen-bond acceptors (Lipinski definition) is 4. The SMILES string of the molecule is CN(C)S(=O)(=O)c1ccc(CN(Cc2ccc(Cl)cc2)C2CC2)o1. The molecule has 0 amide bonds. The second-order valence-corrected chi connectivity index (χ2v) is 8.79. The molecule has 5 nitrogen and oxygen atoms in total. The van der Waals surface area contributed by atoms with Crippen LogP contribution in [0.25, 0.3) is 0 Å². The highest BCUT2D eigenvalue weighted by Crippen LogP contribution is 2.30. The maximum atomic E-state index is 12.1. The van der Waals surface area contributed by atoms with E-state index in [0.29, 0.717) is 18.3 Å². The van der Waals surface area contributed by atoms with E-state index in [9.17, 15) is 8.42 Å². The van der Waals surface area contributed by atoms with E-state index in [1.165, 1.54) is 25.7 Å². The number of benzene rings is 1. The Balaban J connectivity index is 1.73. The smallest absolute Gasteiger partial charge is 0.275 e. The minimum absolute atomic E-state index is 0.00950. The van der Waals surface area contributed by atoms with Gasteiger partial charge in [0.25, 0.3) is 10.0 Å². The standard InChI is InChI=1S/C17H21ClN2O3S/c1-19(2)24(21,22)17-10-9-16(23-17)12-20(15-7-8-15)11-13-3-5-14(18)6-4-13/h3-6,9-10,15H,7-8,11-12H2,1-2H3. The molecular formula is C17H21ClN2O3S. The lowest BCUT2D eigenvalue weighted by Gasteiger charge is -2.21. The Labute approximate surface area is 147 Å². The van der Waals surface area contributed by atoms with Crippen LogP contribution in [0.2, 0.25) is 5.02 Å². The predicted molar refractivity (Wildman–Crippen MR) is 93.3 cm³/mol. The van der Waals surface area contributed by atoms with Crippen LogP contribution in [-0.2, 0) is 23.1 Å². The van der Waals surface area contributed by atoms with E-state index >= 15 is 0 Å². The second kappa shape index (κ2) is 6.88. The maximum absolute atomic E-state index is 12.1. The van der Waals surface area contributed by atoms with E-state index in [1.807, 2.05) is 24.3 Å². The van der Waals surface area contributed by atoms with E-state index in [-0.39, 0.29) is 5.09 Å². The monoisotopic (exact) mass is 368 g/mol. The van der Waals surface area contributed by atoms with Gasteiger partial charge in [0.1, 0.15) is 5.76 Å². The van der Waals surface area contributed by atoms with E-state index in [1.54, 1.807) is 6.07 Å². The third-order valence-corrected chi connectivity index (χ3v) is 6.03. The quantitative estimate of drug-likeness (QED) is 0.752. The highest BCUT2D eigenvalue weighted by Gasteiger charge is 2.30. The van der Waals surface area contributed by atoms with Crippen LogP contribution in [-0.4, -0.2) is 37.8 Å². The summed E-state index contributed by atoms with van der Waals surface area (Å²) in [6.45, 7) is 1.38. The topological polar surface area (TPSA) is 53.8 Å². The Kier molecular flexibility index (Phi) is 5.01. The van der Waals surface area contributed by atoms with Gasteiger partial charge in [0, 0.05) is 31.7 Å². The van der Waals surface area contributed by atoms with Crippen molar-refractivity contribution in [2.45, 2.75) is 37.1 Å². The zero-order valence-corrected chi connectivity index (χ0v) is 15.3. The van der Waals surface area contributed by atoms with Crippen molar-refractivity contribution in [1.29, 1.82) is 0 Å². The second-order valence-electron chi connectivity index (χ2n) is 6.27. The van der Waals surface area contributed by atoms with E-state index in [4.69, 9.17) is 16.0 Å². The van der Waals surface area contributed by atoms with Gasteiger partial charge in [-0.3, -0.25) is 4.90 Å². The van der Waals surface area contributed by atoms with Crippen LogP contribution < -0.4 is 0 Å². The van der Waals surface area contributed by atoms with Crippen molar-refractivity contribution in [3.8, 4) is 0 Å². The fourth-order valence-electron chi connectivity index (χ4n) is 2.54. The minimum atomic E-state index is -3.53. The summed E-state index contributed by atoms with van der Waals surface area (Å²) in [5.41, 5.74) is 1.18. The predicted octanol–water partition coefficient (Wildman–Crippen LogP) is 3.35. The molecule has 0 spiro atoms. The van der Waals surface area contributed by atoms with Gasteiger partial charge in [-0.25, -0.2) is 12.7 Å². The first-order valence-electron chi connectivity index (χ1n) is 7.86. The highest BCUT2D eigenvalue weighted by atomic mass is 35.5. The van der Waals surface area contributed by atoms with Crippen molar-refractivity contribution < 1.29 is 12.8 Å². The molecule has 0 aliphatic heterocycles. The molecule has 130 valence electrons. The molecule has 0 radical (unpaired) electrons. The summed E-state index contributed by atoms with van der Waals surface area (Å²) in [6.07, 6.45) is 2.33. The fraction of sp³-hybridized carbons (Fsp3) is 0.412. The summed E-state index contributed by atoms with van der Waals surface area (Å²) in [7, 11) is -0.537. The van der Waals surface area contributed by atoms with E-state index < -0.39 is 10.0 Å². The van der Waals surface area contributed by atoms with E-state index in [2.05, 4.69) is 4.90 Å². The molecule has 1 aromatic heterocycles. The molecular weight excluding hydrogens is 348 g/mol. The Hall–Kier alpha value is -1.34. The average Bonchev–Trinajstić information content (AvgIpc) is 3.27. The maximum Gasteiger partial charge on any atom is 0.275 e. The number of furan rings is 1. The fourth-order valence-corrected chi connectivity index (χ4v) is 3.48. The molecule has 24 heavy (non-hydrogen) atoms. The zero-order chi connectivity index (χ0) is 17.3. The molecule has 0 unspecified atom stereocenters. The summed E-state index contributed by atoms with van der Waals surface area (Å²) in [4.78, 5) is 2.31. The van der Waals surface area contributed by atoms with Gasteiger partial charge in [-0.05, 0) is 42.7 Å². The van der Waals surface area contributed by atoms with Crippen molar-refractivity contribution in [2.24, 2.45) is 0 Å². The van der Waals surface area contributed by atoms with Crippen LogP contribution in [0, 0.1) is 0 Å². The van der Waals surface area contributed by atoms with Crippen molar-refractivity contribution in [3.63, 3.8) is 0 Å². The molecule has 0 saturated heterocycles. The molecule has 1 aromatic carbocycles. The van der Waals surface area contributed by atoms with Gasteiger partial charge in [-0.2, -0.15) is 0 Å². The summed E-state index contributed by atoms with van der Waals surface area (Å²) in [5, 5.41) is 0.714. The molecule has 7 heteroatoms. The summed E-state index contributed by atoms with van der Waals surface area (Å²) in [5.74, 6) is 0.663. The Morgan fingerprint density at radius 2 is 1.75 bits per heavy atom. The highest BCUT2D eigenvalue weighted by molar-refractivity contribution is 7.88. The molecule has 1 saturated carbocycles. The third kappa shape index (κ3) is 4.00. The van der Waals surface area contributed by atoms with Crippen LogP contribution in [0.4, 0.5) is 0 Å². The first-order chi connectivity index (χ1) is 11.4. The largest absolute Gasteiger partial charge is 0.447 e. The van der Waals surface area contributed by atoms with Gasteiger partial charge in [0.15, 0.2) is 0 Å². The van der Waals surface area contributed by atoms with E-state index in [0.717, 1.165) is 28.7 Å². The first-order valence-corrected chi connectivity index (χ1v) is 9.68. The Morgan fingerprint density at radius 1 is 1.08 bits per heavy atom. The van der Waals surface area contributed by atoms with Crippen molar-refractivity contribution in [2.75, 3.05) is 14.1 Å². The molecule has 1 aliphatic carbocycles. The Morgan fingerprint density at radius 3 is 2.33 bits per heavy atom. The Bertz CT molecular complexity index is 795. The third-order valence-electron chi connectivity index (χ3n) is 4.09. The summed E-state index contributed by atoms with van der Waals surface area (Å²) in [6, 6.07) is 11.6. The van der Waals surface area contributed by atoms with Crippen molar-refractivity contribution in [3.05, 3.63) is 52.7 Å². The number of hydrogen-bond donors (Lipinski definition) is 0. The van der Waals surface area contributed by atoms with Gasteiger partial charge in [-0.1, -0.05) is 23.7 Å².